The molecule has 0 spiro atoms. The number of fused-ring (bicyclic) bond motifs is 1. The maximum Gasteiger partial charge on any atom is 0.429 e. The highest BCUT2D eigenvalue weighted by molar-refractivity contribution is 5.78. The van der Waals surface area contributed by atoms with E-state index in [-0.39, 0.29) is 19.1 Å². The molecule has 0 aromatic rings. The third kappa shape index (κ3) is 4.05. The summed E-state index contributed by atoms with van der Waals surface area (Å²) in [5, 5.41) is 2.50. The summed E-state index contributed by atoms with van der Waals surface area (Å²) in [6.45, 7) is 9.42. The first-order valence-electron chi connectivity index (χ1n) is 10.6. The molecule has 0 aromatic carbocycles. The van der Waals surface area contributed by atoms with Gasteiger partial charge in [0.05, 0.1) is 29.7 Å². The summed E-state index contributed by atoms with van der Waals surface area (Å²) < 4.78 is 21.4. The highest BCUT2D eigenvalue weighted by Crippen LogP contribution is 2.59. The van der Waals surface area contributed by atoms with Crippen LogP contribution < -0.4 is 0 Å². The van der Waals surface area contributed by atoms with Crippen molar-refractivity contribution in [2.75, 3.05) is 13.2 Å². The second kappa shape index (κ2) is 8.84. The Hall–Kier alpha value is -3.04. The van der Waals surface area contributed by atoms with Gasteiger partial charge in [-0.05, 0) is 33.3 Å². The lowest BCUT2D eigenvalue weighted by molar-refractivity contribution is -0.178. The fourth-order valence-corrected chi connectivity index (χ4v) is 4.53. The molecule has 2 heterocycles. The summed E-state index contributed by atoms with van der Waals surface area (Å²) in [6.07, 6.45) is 3.31. The minimum absolute atomic E-state index is 0.00628. The number of nitrogens with zero attached hydrogens (tertiary/aromatic N) is 2. The molecule has 4 rings (SSSR count). The zero-order valence-corrected chi connectivity index (χ0v) is 19.2. The Balaban J connectivity index is 2.04. The summed E-state index contributed by atoms with van der Waals surface area (Å²) in [4.78, 5) is 49.2. The van der Waals surface area contributed by atoms with Gasteiger partial charge in [0.15, 0.2) is 0 Å². The molecule has 1 fully saturated rings. The lowest BCUT2D eigenvalue weighted by Gasteiger charge is -2.65. The van der Waals surface area contributed by atoms with E-state index in [1.165, 1.54) is 23.9 Å². The van der Waals surface area contributed by atoms with Crippen LogP contribution in [0.25, 0.3) is 0 Å². The molecule has 2 aliphatic heterocycles. The van der Waals surface area contributed by atoms with E-state index in [4.69, 9.17) is 18.9 Å². The maximum absolute atomic E-state index is 13.1. The fraction of sp³-hybridized carbons (Fsp3) is 0.636. The van der Waals surface area contributed by atoms with Gasteiger partial charge < -0.3 is 18.9 Å². The Kier molecular flexibility index (Phi) is 6.52. The van der Waals surface area contributed by atoms with Crippen molar-refractivity contribution in [3.8, 4) is 0 Å². The fourth-order valence-electron chi connectivity index (χ4n) is 4.53. The second-order valence-corrected chi connectivity index (χ2v) is 8.69. The van der Waals surface area contributed by atoms with Crippen LogP contribution in [0.3, 0.4) is 0 Å². The summed E-state index contributed by atoms with van der Waals surface area (Å²) >= 11 is 0. The van der Waals surface area contributed by atoms with Crippen LogP contribution in [0.2, 0.25) is 0 Å². The molecule has 32 heavy (non-hydrogen) atoms. The third-order valence-corrected chi connectivity index (χ3v) is 5.73. The van der Waals surface area contributed by atoms with Gasteiger partial charge in [0.1, 0.15) is 13.2 Å². The molecule has 0 aromatic heterocycles. The monoisotopic (exact) mass is 450 g/mol. The van der Waals surface area contributed by atoms with E-state index < -0.39 is 53.8 Å². The zero-order valence-electron chi connectivity index (χ0n) is 19.2. The number of esters is 2. The average Bonchev–Trinajstić information content (AvgIpc) is 2.65. The number of carbonyl (C=O) groups excluding carboxylic acids is 4. The number of amides is 2. The van der Waals surface area contributed by atoms with Crippen LogP contribution in [-0.4, -0.2) is 71.6 Å². The largest absolute Gasteiger partial charge is 0.465 e. The number of rotatable bonds is 6. The van der Waals surface area contributed by atoms with Gasteiger partial charge in [0.2, 0.25) is 0 Å². The van der Waals surface area contributed by atoms with Crippen molar-refractivity contribution in [3.05, 3.63) is 23.8 Å². The summed E-state index contributed by atoms with van der Waals surface area (Å²) in [7, 11) is 0. The van der Waals surface area contributed by atoms with Gasteiger partial charge in [0.25, 0.3) is 0 Å². The molecule has 10 heteroatoms. The molecule has 10 nitrogen and oxygen atoms in total. The van der Waals surface area contributed by atoms with Crippen LogP contribution in [0.5, 0.6) is 0 Å². The molecular formula is C22H30N2O8. The lowest BCUT2D eigenvalue weighted by atomic mass is 9.51. The van der Waals surface area contributed by atoms with Crippen molar-refractivity contribution in [2.24, 2.45) is 11.3 Å². The van der Waals surface area contributed by atoms with Gasteiger partial charge in [-0.1, -0.05) is 18.2 Å². The van der Waals surface area contributed by atoms with Crippen molar-refractivity contribution in [1.82, 2.24) is 10.0 Å². The molecule has 1 saturated heterocycles. The van der Waals surface area contributed by atoms with Gasteiger partial charge in [-0.2, -0.15) is 0 Å². The van der Waals surface area contributed by atoms with Crippen molar-refractivity contribution in [3.63, 3.8) is 0 Å². The molecule has 0 radical (unpaired) electrons. The zero-order chi connectivity index (χ0) is 23.8. The Labute approximate surface area is 187 Å². The first-order valence-corrected chi connectivity index (χ1v) is 10.6. The van der Waals surface area contributed by atoms with E-state index in [9.17, 15) is 19.2 Å². The lowest BCUT2D eigenvalue weighted by Crippen LogP contribution is -2.76. The van der Waals surface area contributed by atoms with Crippen LogP contribution in [0.4, 0.5) is 9.59 Å². The normalized spacial score (nSPS) is 27.5. The number of ether oxygens (including phenoxy) is 4. The average molecular weight is 450 g/mol. The number of hydrogen-bond donors (Lipinski definition) is 0. The molecule has 0 N–H and O–H groups in total. The van der Waals surface area contributed by atoms with Crippen molar-refractivity contribution >= 4 is 24.1 Å². The van der Waals surface area contributed by atoms with E-state index in [1.807, 2.05) is 12.2 Å². The van der Waals surface area contributed by atoms with Crippen molar-refractivity contribution in [1.29, 1.82) is 0 Å². The SMILES string of the molecule is CC(=O)OCC1=C[C@H]2[C@H]3C=C[C@H](N(C(=O)OC(C)C)N3C(=O)OC(C)C)[C@@]12COC(C)=O. The molecule has 2 aliphatic carbocycles. The van der Waals surface area contributed by atoms with Crippen LogP contribution >= 0.6 is 0 Å². The predicted molar refractivity (Wildman–Crippen MR) is 111 cm³/mol. The summed E-state index contributed by atoms with van der Waals surface area (Å²) in [5.41, 5.74) is -0.136. The molecular weight excluding hydrogens is 420 g/mol. The summed E-state index contributed by atoms with van der Waals surface area (Å²) in [6, 6.07) is -1.28. The standard InChI is InChI=1S/C22H30N2O8/c1-12(2)31-20(27)23-18-7-8-19(24(23)21(28)32-13(3)4)22(11-30-15(6)26)16(9-17(18)22)10-29-14(5)25/h7-9,12-13,17-19H,10-11H2,1-6H3/t17-,18+,19-,22-/m0/s1. The van der Waals surface area contributed by atoms with Crippen LogP contribution in [-0.2, 0) is 28.5 Å². The first-order chi connectivity index (χ1) is 15.0. The second-order valence-electron chi connectivity index (χ2n) is 8.69. The van der Waals surface area contributed by atoms with Crippen LogP contribution in [0, 0.1) is 11.3 Å². The van der Waals surface area contributed by atoms with E-state index in [2.05, 4.69) is 0 Å². The Morgan fingerprint density at radius 2 is 1.47 bits per heavy atom. The minimum Gasteiger partial charge on any atom is -0.465 e. The highest BCUT2D eigenvalue weighted by atomic mass is 16.6. The predicted octanol–water partition coefficient (Wildman–Crippen LogP) is 2.58. The molecule has 0 unspecified atom stereocenters. The number of carbonyl (C=O) groups is 4. The van der Waals surface area contributed by atoms with Gasteiger partial charge in [-0.3, -0.25) is 9.59 Å². The van der Waals surface area contributed by atoms with E-state index in [0.717, 1.165) is 5.57 Å². The number of hydrazine groups is 1. The quantitative estimate of drug-likeness (QED) is 0.345. The molecule has 0 saturated carbocycles. The minimum atomic E-state index is -0.856. The Morgan fingerprint density at radius 3 is 2.00 bits per heavy atom. The molecule has 176 valence electrons. The van der Waals surface area contributed by atoms with Crippen molar-refractivity contribution < 1.29 is 38.1 Å². The molecule has 4 atom stereocenters. The molecule has 4 aliphatic rings. The summed E-state index contributed by atoms with van der Waals surface area (Å²) in [5.74, 6) is -1.20. The molecule has 2 bridgehead atoms. The van der Waals surface area contributed by atoms with E-state index >= 15 is 0 Å². The first kappa shape index (κ1) is 23.6. The van der Waals surface area contributed by atoms with Gasteiger partial charge in [-0.25, -0.2) is 19.6 Å². The van der Waals surface area contributed by atoms with Crippen LogP contribution in [0.15, 0.2) is 23.8 Å². The molecule has 2 amide bonds. The third-order valence-electron chi connectivity index (χ3n) is 5.73. The van der Waals surface area contributed by atoms with E-state index in [1.54, 1.807) is 33.8 Å². The van der Waals surface area contributed by atoms with Gasteiger partial charge >= 0.3 is 24.1 Å². The number of hydrogen-bond acceptors (Lipinski definition) is 8. The smallest absolute Gasteiger partial charge is 0.429 e. The Morgan fingerprint density at radius 1 is 0.906 bits per heavy atom. The topological polar surface area (TPSA) is 112 Å². The highest BCUT2D eigenvalue weighted by Gasteiger charge is 2.67. The maximum atomic E-state index is 13.1. The van der Waals surface area contributed by atoms with Gasteiger partial charge in [0, 0.05) is 19.8 Å². The van der Waals surface area contributed by atoms with Gasteiger partial charge in [-0.15, -0.1) is 0 Å². The Bertz CT molecular complexity index is 864. The van der Waals surface area contributed by atoms with Crippen LogP contribution in [0.1, 0.15) is 41.5 Å². The van der Waals surface area contributed by atoms with E-state index in [0.29, 0.717) is 0 Å². The van der Waals surface area contributed by atoms with Crippen molar-refractivity contribution in [2.45, 2.75) is 65.8 Å².